The molecule has 0 fully saturated rings. The van der Waals surface area contributed by atoms with E-state index in [4.69, 9.17) is 16.6 Å². The Balaban J connectivity index is 2.00. The summed E-state index contributed by atoms with van der Waals surface area (Å²) >= 11 is 7.62. The first-order valence-corrected chi connectivity index (χ1v) is 9.28. The average Bonchev–Trinajstić information content (AvgIpc) is 2.56. The molecule has 0 radical (unpaired) electrons. The summed E-state index contributed by atoms with van der Waals surface area (Å²) in [6.07, 6.45) is 0. The molecule has 0 aliphatic carbocycles. The molecule has 3 aromatic rings. The molecule has 1 aromatic heterocycles. The number of halogens is 1. The Kier molecular flexibility index (Phi) is 5.27. The zero-order valence-electron chi connectivity index (χ0n) is 13.7. The largest absolute Gasteiger partial charge is 0.287 e. The van der Waals surface area contributed by atoms with Crippen LogP contribution < -0.4 is 5.56 Å². The van der Waals surface area contributed by atoms with Gasteiger partial charge in [-0.1, -0.05) is 61.5 Å². The van der Waals surface area contributed by atoms with Crippen LogP contribution in [0.15, 0.2) is 58.5 Å². The first-order valence-electron chi connectivity index (χ1n) is 7.91. The van der Waals surface area contributed by atoms with Gasteiger partial charge in [0.1, 0.15) is 0 Å². The normalized spacial score (nSPS) is 11.3. The number of fused-ring (bicyclic) bond motifs is 1. The van der Waals surface area contributed by atoms with E-state index >= 15 is 0 Å². The van der Waals surface area contributed by atoms with Crippen LogP contribution in [0.2, 0.25) is 5.02 Å². The fraction of sp³-hybridized carbons (Fsp3) is 0.263. The molecule has 0 amide bonds. The highest BCUT2D eigenvalue weighted by Crippen LogP contribution is 2.24. The first-order chi connectivity index (χ1) is 11.5. The lowest BCUT2D eigenvalue weighted by atomic mass is 10.2. The van der Waals surface area contributed by atoms with Gasteiger partial charge in [0.05, 0.1) is 10.9 Å². The molecule has 1 heterocycles. The monoisotopic (exact) mass is 358 g/mol. The molecule has 124 valence electrons. The van der Waals surface area contributed by atoms with Gasteiger partial charge in [0.2, 0.25) is 0 Å². The molecule has 3 nitrogen and oxygen atoms in total. The van der Waals surface area contributed by atoms with Crippen molar-refractivity contribution in [1.82, 2.24) is 9.55 Å². The van der Waals surface area contributed by atoms with Crippen molar-refractivity contribution in [3.63, 3.8) is 0 Å². The molecular formula is C19H19ClN2OS. The third-order valence-electron chi connectivity index (χ3n) is 3.63. The molecule has 0 unspecified atom stereocenters. The zero-order valence-corrected chi connectivity index (χ0v) is 15.3. The zero-order chi connectivity index (χ0) is 17.1. The number of para-hydroxylation sites is 1. The van der Waals surface area contributed by atoms with Crippen LogP contribution in [0.4, 0.5) is 0 Å². The molecule has 0 saturated carbocycles. The maximum absolute atomic E-state index is 12.8. The van der Waals surface area contributed by atoms with Crippen molar-refractivity contribution in [3.8, 4) is 0 Å². The molecule has 0 atom stereocenters. The Hall–Kier alpha value is -1.78. The van der Waals surface area contributed by atoms with Crippen molar-refractivity contribution >= 4 is 34.3 Å². The van der Waals surface area contributed by atoms with Crippen LogP contribution in [-0.4, -0.2) is 9.55 Å². The van der Waals surface area contributed by atoms with E-state index in [2.05, 4.69) is 13.8 Å². The molecule has 24 heavy (non-hydrogen) atoms. The number of rotatable bonds is 5. The number of aromatic nitrogens is 2. The highest BCUT2D eigenvalue weighted by molar-refractivity contribution is 7.98. The summed E-state index contributed by atoms with van der Waals surface area (Å²) in [5.74, 6) is 1.10. The standard InChI is InChI=1S/C19H19ClN2OS/c1-13(2)11-22-18(23)16-8-3-4-9-17(16)21-19(22)24-12-14-6-5-7-15(20)10-14/h3-10,13H,11-12H2,1-2H3. The lowest BCUT2D eigenvalue weighted by molar-refractivity contribution is 0.475. The molecule has 0 aliphatic rings. The summed E-state index contributed by atoms with van der Waals surface area (Å²) in [6.45, 7) is 4.87. The Labute approximate surface area is 150 Å². The molecule has 5 heteroatoms. The maximum atomic E-state index is 12.8. The van der Waals surface area contributed by atoms with E-state index in [9.17, 15) is 4.79 Å². The third-order valence-corrected chi connectivity index (χ3v) is 4.91. The summed E-state index contributed by atoms with van der Waals surface area (Å²) in [5.41, 5.74) is 1.89. The molecule has 0 saturated heterocycles. The summed E-state index contributed by atoms with van der Waals surface area (Å²) in [4.78, 5) is 17.6. The Morgan fingerprint density at radius 3 is 2.71 bits per heavy atom. The lowest BCUT2D eigenvalue weighted by Gasteiger charge is -2.15. The number of hydrogen-bond acceptors (Lipinski definition) is 3. The SMILES string of the molecule is CC(C)Cn1c(SCc2cccc(Cl)c2)nc2ccccc2c1=O. The number of benzene rings is 2. The van der Waals surface area contributed by atoms with Crippen molar-refractivity contribution in [2.24, 2.45) is 5.92 Å². The van der Waals surface area contributed by atoms with Gasteiger partial charge in [0, 0.05) is 17.3 Å². The van der Waals surface area contributed by atoms with Crippen molar-refractivity contribution < 1.29 is 0 Å². The Bertz CT molecular complexity index is 921. The van der Waals surface area contributed by atoms with Gasteiger partial charge >= 0.3 is 0 Å². The number of thioether (sulfide) groups is 1. The van der Waals surface area contributed by atoms with Gasteiger partial charge in [-0.3, -0.25) is 9.36 Å². The first kappa shape index (κ1) is 17.1. The van der Waals surface area contributed by atoms with Gasteiger partial charge in [-0.05, 0) is 35.7 Å². The number of nitrogens with zero attached hydrogens (tertiary/aromatic N) is 2. The van der Waals surface area contributed by atoms with Gasteiger partial charge in [0.25, 0.3) is 5.56 Å². The Morgan fingerprint density at radius 1 is 1.17 bits per heavy atom. The smallest absolute Gasteiger partial charge is 0.262 e. The van der Waals surface area contributed by atoms with Gasteiger partial charge in [0.15, 0.2) is 5.16 Å². The van der Waals surface area contributed by atoms with E-state index in [-0.39, 0.29) is 5.56 Å². The highest BCUT2D eigenvalue weighted by Gasteiger charge is 2.12. The second-order valence-corrected chi connectivity index (χ2v) is 7.52. The lowest BCUT2D eigenvalue weighted by Crippen LogP contribution is -2.25. The predicted molar refractivity (Wildman–Crippen MR) is 102 cm³/mol. The van der Waals surface area contributed by atoms with Crippen LogP contribution >= 0.6 is 23.4 Å². The summed E-state index contributed by atoms with van der Waals surface area (Å²) in [7, 11) is 0. The fourth-order valence-electron chi connectivity index (χ4n) is 2.56. The fourth-order valence-corrected chi connectivity index (χ4v) is 3.72. The molecule has 2 aromatic carbocycles. The van der Waals surface area contributed by atoms with E-state index in [1.165, 1.54) is 0 Å². The molecule has 3 rings (SSSR count). The van der Waals surface area contributed by atoms with E-state index in [0.717, 1.165) is 27.0 Å². The minimum Gasteiger partial charge on any atom is -0.287 e. The van der Waals surface area contributed by atoms with Gasteiger partial charge < -0.3 is 0 Å². The van der Waals surface area contributed by atoms with Crippen molar-refractivity contribution in [2.75, 3.05) is 0 Å². The quantitative estimate of drug-likeness (QED) is 0.475. The van der Waals surface area contributed by atoms with Crippen LogP contribution in [0, 0.1) is 5.92 Å². The van der Waals surface area contributed by atoms with E-state index in [1.54, 1.807) is 16.3 Å². The predicted octanol–water partition coefficient (Wildman–Crippen LogP) is 5.00. The van der Waals surface area contributed by atoms with Crippen molar-refractivity contribution in [2.45, 2.75) is 31.3 Å². The van der Waals surface area contributed by atoms with Crippen LogP contribution in [0.1, 0.15) is 19.4 Å². The summed E-state index contributed by atoms with van der Waals surface area (Å²) < 4.78 is 1.79. The molecule has 0 N–H and O–H groups in total. The van der Waals surface area contributed by atoms with Crippen molar-refractivity contribution in [3.05, 3.63) is 69.5 Å². The van der Waals surface area contributed by atoms with Gasteiger partial charge in [-0.15, -0.1) is 0 Å². The van der Waals surface area contributed by atoms with Crippen molar-refractivity contribution in [1.29, 1.82) is 0 Å². The van der Waals surface area contributed by atoms with E-state index in [1.807, 2.05) is 48.5 Å². The van der Waals surface area contributed by atoms with Crippen LogP contribution in [-0.2, 0) is 12.3 Å². The summed E-state index contributed by atoms with van der Waals surface area (Å²) in [6, 6.07) is 15.3. The minimum atomic E-state index is 0.0305. The molecule has 0 bridgehead atoms. The van der Waals surface area contributed by atoms with Crippen LogP contribution in [0.3, 0.4) is 0 Å². The topological polar surface area (TPSA) is 34.9 Å². The second-order valence-electron chi connectivity index (χ2n) is 6.14. The maximum Gasteiger partial charge on any atom is 0.262 e. The van der Waals surface area contributed by atoms with E-state index in [0.29, 0.717) is 17.8 Å². The third kappa shape index (κ3) is 3.82. The molecule has 0 aliphatic heterocycles. The highest BCUT2D eigenvalue weighted by atomic mass is 35.5. The average molecular weight is 359 g/mol. The second kappa shape index (κ2) is 7.41. The summed E-state index contributed by atoms with van der Waals surface area (Å²) in [5, 5.41) is 2.15. The molecular weight excluding hydrogens is 340 g/mol. The molecule has 0 spiro atoms. The van der Waals surface area contributed by atoms with Crippen LogP contribution in [0.5, 0.6) is 0 Å². The van der Waals surface area contributed by atoms with Gasteiger partial charge in [-0.2, -0.15) is 0 Å². The van der Waals surface area contributed by atoms with E-state index < -0.39 is 0 Å². The Morgan fingerprint density at radius 2 is 1.96 bits per heavy atom. The number of hydrogen-bond donors (Lipinski definition) is 0. The van der Waals surface area contributed by atoms with Gasteiger partial charge in [-0.25, -0.2) is 4.98 Å². The minimum absolute atomic E-state index is 0.0305. The van der Waals surface area contributed by atoms with Crippen LogP contribution in [0.25, 0.3) is 10.9 Å².